The van der Waals surface area contributed by atoms with Crippen molar-refractivity contribution in [1.82, 2.24) is 19.9 Å². The van der Waals surface area contributed by atoms with Crippen LogP contribution in [0.3, 0.4) is 0 Å². The SMILES string of the molecule is Cc1nc(CCSCc2cscn2)[nH]c(=O)c1CCc1ccccc1.N=C(N)CCSCc1cscn1. The number of nitrogens with zero attached hydrogens (tertiary/aromatic N) is 3. The van der Waals surface area contributed by atoms with Gasteiger partial charge in [-0.05, 0) is 25.3 Å². The van der Waals surface area contributed by atoms with Crippen LogP contribution in [-0.2, 0) is 30.8 Å². The lowest BCUT2D eigenvalue weighted by atomic mass is 10.0. The molecule has 0 spiro atoms. The molecule has 0 unspecified atom stereocenters. The molecule has 0 aliphatic heterocycles. The lowest BCUT2D eigenvalue weighted by Gasteiger charge is -2.07. The smallest absolute Gasteiger partial charge is 0.254 e. The van der Waals surface area contributed by atoms with Crippen molar-refractivity contribution >= 4 is 52.0 Å². The van der Waals surface area contributed by atoms with Gasteiger partial charge in [-0.1, -0.05) is 30.3 Å². The summed E-state index contributed by atoms with van der Waals surface area (Å²) in [5, 5.41) is 11.1. The second-order valence-corrected chi connectivity index (χ2v) is 11.8. The van der Waals surface area contributed by atoms with Crippen LogP contribution in [0.15, 0.2) is 56.9 Å². The maximum atomic E-state index is 12.4. The fourth-order valence-corrected chi connectivity index (χ4v) is 6.37. The lowest BCUT2D eigenvalue weighted by molar-refractivity contribution is 0.840. The molecule has 4 N–H and O–H groups in total. The number of thiazole rings is 2. The minimum Gasteiger partial charge on any atom is -0.388 e. The fraction of sp³-hybridized carbons (Fsp3) is 0.346. The molecule has 0 aliphatic rings. The highest BCUT2D eigenvalue weighted by atomic mass is 32.2. The minimum absolute atomic E-state index is 0.00272. The van der Waals surface area contributed by atoms with Gasteiger partial charge < -0.3 is 10.7 Å². The van der Waals surface area contributed by atoms with Crippen LogP contribution in [0.4, 0.5) is 0 Å². The van der Waals surface area contributed by atoms with Crippen molar-refractivity contribution in [3.05, 3.63) is 96.5 Å². The molecule has 4 rings (SSSR count). The van der Waals surface area contributed by atoms with Crippen molar-refractivity contribution in [1.29, 1.82) is 5.41 Å². The molecule has 0 amide bonds. The molecule has 0 atom stereocenters. The number of aromatic amines is 1. The first-order chi connectivity index (χ1) is 18.0. The number of H-pyrrole nitrogens is 1. The van der Waals surface area contributed by atoms with Gasteiger partial charge >= 0.3 is 0 Å². The highest BCUT2D eigenvalue weighted by Gasteiger charge is 2.09. The van der Waals surface area contributed by atoms with Gasteiger partial charge in [-0.3, -0.25) is 10.2 Å². The van der Waals surface area contributed by atoms with E-state index in [4.69, 9.17) is 11.1 Å². The van der Waals surface area contributed by atoms with Crippen LogP contribution in [0.1, 0.15) is 40.5 Å². The van der Waals surface area contributed by atoms with Gasteiger partial charge in [0.2, 0.25) is 0 Å². The molecule has 3 aromatic heterocycles. The lowest BCUT2D eigenvalue weighted by Crippen LogP contribution is -2.20. The topological polar surface area (TPSA) is 121 Å². The van der Waals surface area contributed by atoms with Gasteiger partial charge in [-0.15, -0.1) is 22.7 Å². The van der Waals surface area contributed by atoms with Gasteiger partial charge in [0.05, 0.1) is 28.2 Å². The Bertz CT molecular complexity index is 1240. The maximum Gasteiger partial charge on any atom is 0.254 e. The molecule has 7 nitrogen and oxygen atoms in total. The zero-order valence-electron chi connectivity index (χ0n) is 20.8. The third kappa shape index (κ3) is 11.2. The molecular weight excluding hydrogens is 541 g/mol. The quantitative estimate of drug-likeness (QED) is 0.110. The average molecular weight is 573 g/mol. The van der Waals surface area contributed by atoms with E-state index in [0.717, 1.165) is 70.7 Å². The number of aryl methyl sites for hydroxylation is 3. The molecule has 1 aromatic carbocycles. The van der Waals surface area contributed by atoms with E-state index in [2.05, 4.69) is 37.4 Å². The second-order valence-electron chi connectivity index (χ2n) is 8.15. The van der Waals surface area contributed by atoms with Crippen molar-refractivity contribution < 1.29 is 0 Å². The Morgan fingerprint density at radius 3 is 2.19 bits per heavy atom. The van der Waals surface area contributed by atoms with E-state index in [0.29, 0.717) is 6.42 Å². The summed E-state index contributed by atoms with van der Waals surface area (Å²) in [6.45, 7) is 1.93. The Labute approximate surface area is 234 Å². The zero-order chi connectivity index (χ0) is 26.3. The van der Waals surface area contributed by atoms with Crippen molar-refractivity contribution in [2.24, 2.45) is 5.73 Å². The number of nitrogens with one attached hydrogen (secondary N) is 2. The highest BCUT2D eigenvalue weighted by molar-refractivity contribution is 7.98. The third-order valence-electron chi connectivity index (χ3n) is 5.24. The third-order valence-corrected chi connectivity index (χ3v) is 8.50. The summed E-state index contributed by atoms with van der Waals surface area (Å²) >= 11 is 6.80. The number of amidine groups is 1. The van der Waals surface area contributed by atoms with Crippen molar-refractivity contribution in [3.8, 4) is 0 Å². The summed E-state index contributed by atoms with van der Waals surface area (Å²) < 4.78 is 0. The summed E-state index contributed by atoms with van der Waals surface area (Å²) in [6.07, 6.45) is 3.02. The van der Waals surface area contributed by atoms with Crippen molar-refractivity contribution in [2.75, 3.05) is 11.5 Å². The van der Waals surface area contributed by atoms with Gasteiger partial charge in [0.25, 0.3) is 5.56 Å². The number of aromatic nitrogens is 4. The van der Waals surface area contributed by atoms with E-state index >= 15 is 0 Å². The predicted molar refractivity (Wildman–Crippen MR) is 160 cm³/mol. The molecule has 0 radical (unpaired) electrons. The van der Waals surface area contributed by atoms with Crippen LogP contribution < -0.4 is 11.3 Å². The molecule has 3 heterocycles. The molecular formula is C26H32N6OS4. The average Bonchev–Trinajstić information content (AvgIpc) is 3.60. The van der Waals surface area contributed by atoms with Gasteiger partial charge in [-0.25, -0.2) is 15.0 Å². The Hall–Kier alpha value is -2.47. The van der Waals surface area contributed by atoms with E-state index in [1.807, 2.05) is 53.3 Å². The van der Waals surface area contributed by atoms with Gasteiger partial charge in [0.15, 0.2) is 0 Å². The molecule has 0 aliphatic carbocycles. The fourth-order valence-electron chi connectivity index (χ4n) is 3.32. The summed E-state index contributed by atoms with van der Waals surface area (Å²) in [5.41, 5.74) is 14.0. The van der Waals surface area contributed by atoms with Gasteiger partial charge in [0, 0.05) is 57.9 Å². The monoisotopic (exact) mass is 572 g/mol. The Morgan fingerprint density at radius 2 is 1.62 bits per heavy atom. The number of hydrogen-bond donors (Lipinski definition) is 3. The number of hydrogen-bond acceptors (Lipinski definition) is 9. The molecule has 0 saturated heterocycles. The summed E-state index contributed by atoms with van der Waals surface area (Å²) in [4.78, 5) is 28.4. The van der Waals surface area contributed by atoms with E-state index in [1.54, 1.807) is 34.4 Å². The van der Waals surface area contributed by atoms with E-state index < -0.39 is 0 Å². The van der Waals surface area contributed by atoms with Crippen LogP contribution in [0.25, 0.3) is 0 Å². The maximum absolute atomic E-state index is 12.4. The first-order valence-electron chi connectivity index (χ1n) is 11.9. The molecule has 0 bridgehead atoms. The molecule has 37 heavy (non-hydrogen) atoms. The van der Waals surface area contributed by atoms with Crippen LogP contribution in [0, 0.1) is 12.3 Å². The number of benzene rings is 1. The van der Waals surface area contributed by atoms with E-state index in [1.165, 1.54) is 5.56 Å². The summed E-state index contributed by atoms with van der Waals surface area (Å²) in [5.74, 6) is 4.70. The van der Waals surface area contributed by atoms with Crippen LogP contribution in [0.5, 0.6) is 0 Å². The van der Waals surface area contributed by atoms with Crippen LogP contribution in [0.2, 0.25) is 0 Å². The van der Waals surface area contributed by atoms with Crippen LogP contribution in [-0.4, -0.2) is 37.3 Å². The normalized spacial score (nSPS) is 10.6. The number of thioether (sulfide) groups is 2. The minimum atomic E-state index is 0.00272. The molecule has 4 aromatic rings. The Balaban J connectivity index is 0.000000266. The van der Waals surface area contributed by atoms with Crippen LogP contribution >= 0.6 is 46.2 Å². The van der Waals surface area contributed by atoms with Crippen molar-refractivity contribution in [2.45, 2.75) is 44.1 Å². The van der Waals surface area contributed by atoms with E-state index in [9.17, 15) is 4.79 Å². The van der Waals surface area contributed by atoms with E-state index in [-0.39, 0.29) is 11.4 Å². The van der Waals surface area contributed by atoms with Gasteiger partial charge in [-0.2, -0.15) is 23.5 Å². The summed E-state index contributed by atoms with van der Waals surface area (Å²) in [6, 6.07) is 10.2. The molecule has 0 fully saturated rings. The standard InChI is InChI=1S/C19H21N3OS2.C7H11N3S2/c1-14-17(8-7-15-5-3-2-4-6-15)19(23)22-18(21-14)9-10-24-11-16-12-25-13-20-16;8-7(9)1-2-11-3-6-4-12-5-10-6/h2-6,12-13H,7-11H2,1H3,(H,21,22,23);4-5H,1-3H2,(H3,8,9). The molecule has 11 heteroatoms. The first-order valence-corrected chi connectivity index (χ1v) is 16.1. The van der Waals surface area contributed by atoms with Crippen molar-refractivity contribution in [3.63, 3.8) is 0 Å². The Kier molecular flexibility index (Phi) is 12.9. The Morgan fingerprint density at radius 1 is 0.973 bits per heavy atom. The second kappa shape index (κ2) is 16.4. The highest BCUT2D eigenvalue weighted by Crippen LogP contribution is 2.14. The molecule has 0 saturated carbocycles. The first kappa shape index (κ1) is 29.1. The molecule has 196 valence electrons. The predicted octanol–water partition coefficient (Wildman–Crippen LogP) is 5.50. The number of nitrogens with two attached hydrogens (primary N) is 1. The zero-order valence-corrected chi connectivity index (χ0v) is 24.1. The summed E-state index contributed by atoms with van der Waals surface area (Å²) in [7, 11) is 0. The largest absolute Gasteiger partial charge is 0.388 e. The number of rotatable bonds is 13. The van der Waals surface area contributed by atoms with Gasteiger partial charge in [0.1, 0.15) is 5.82 Å².